The van der Waals surface area contributed by atoms with E-state index in [1.54, 1.807) is 0 Å². The highest BCUT2D eigenvalue weighted by Gasteiger charge is 2.58. The third-order valence-electron chi connectivity index (χ3n) is 4.53. The highest BCUT2D eigenvalue weighted by atomic mass is 35.6. The Labute approximate surface area is 102 Å². The quantitative estimate of drug-likeness (QED) is 0.531. The van der Waals surface area contributed by atoms with Gasteiger partial charge in [-0.3, -0.25) is 0 Å². The smallest absolute Gasteiger partial charge is 0.138 e. The Bertz CT molecular complexity index is 188. The van der Waals surface area contributed by atoms with E-state index in [1.165, 1.54) is 0 Å². The van der Waals surface area contributed by atoms with Crippen molar-refractivity contribution in [1.29, 1.82) is 0 Å². The lowest BCUT2D eigenvalue weighted by Crippen LogP contribution is -2.76. The van der Waals surface area contributed by atoms with Gasteiger partial charge in [0, 0.05) is 0 Å². The first-order valence-corrected chi connectivity index (χ1v) is 22.2. The molecular formula is C8H24Cl2Si4. The second-order valence-corrected chi connectivity index (χ2v) is 51.7. The minimum absolute atomic E-state index is 1.29. The van der Waals surface area contributed by atoms with Gasteiger partial charge < -0.3 is 0 Å². The predicted octanol–water partition coefficient (Wildman–Crippen LogP) is 4.53. The SMILES string of the molecule is C[Si](C)(Cl)[Si](C)(C)[Si](C)(C)[Si](C)(C)Cl. The van der Waals surface area contributed by atoms with Crippen molar-refractivity contribution in [3.8, 4) is 0 Å². The average Bonchev–Trinajstić information content (AvgIpc) is 1.81. The van der Waals surface area contributed by atoms with E-state index in [1.807, 2.05) is 0 Å². The first kappa shape index (κ1) is 15.4. The van der Waals surface area contributed by atoms with Crippen LogP contribution in [0.3, 0.4) is 0 Å². The summed E-state index contributed by atoms with van der Waals surface area (Å²) in [5, 5.41) is 0. The Hall–Kier alpha value is 1.45. The molecule has 0 amide bonds. The predicted molar refractivity (Wildman–Crippen MR) is 81.6 cm³/mol. The van der Waals surface area contributed by atoms with Crippen molar-refractivity contribution >= 4 is 50.2 Å². The van der Waals surface area contributed by atoms with Crippen LogP contribution >= 0.6 is 22.2 Å². The van der Waals surface area contributed by atoms with Gasteiger partial charge in [-0.2, -0.15) is 22.2 Å². The van der Waals surface area contributed by atoms with E-state index < -0.39 is 28.0 Å². The van der Waals surface area contributed by atoms with Gasteiger partial charge in [0.2, 0.25) is 0 Å². The van der Waals surface area contributed by atoms with Crippen LogP contribution in [-0.4, -0.2) is 28.0 Å². The molecule has 0 heterocycles. The number of hydrogen-bond acceptors (Lipinski definition) is 0. The fraction of sp³-hybridized carbons (Fsp3) is 1.00. The third-order valence-corrected chi connectivity index (χ3v) is 76.9. The Balaban J connectivity index is 5.30. The second-order valence-electron chi connectivity index (χ2n) is 6.19. The van der Waals surface area contributed by atoms with E-state index in [9.17, 15) is 0 Å². The molecule has 0 aromatic carbocycles. The monoisotopic (exact) mass is 302 g/mol. The van der Waals surface area contributed by atoms with Crippen molar-refractivity contribution in [2.45, 2.75) is 52.4 Å². The van der Waals surface area contributed by atoms with Crippen molar-refractivity contribution in [2.24, 2.45) is 0 Å². The summed E-state index contributed by atoms with van der Waals surface area (Å²) < 4.78 is 0. The summed E-state index contributed by atoms with van der Waals surface area (Å²) in [6.45, 7) is 16.2. The van der Waals surface area contributed by atoms with Crippen LogP contribution in [0.25, 0.3) is 0 Å². The van der Waals surface area contributed by atoms with Gasteiger partial charge >= 0.3 is 0 Å². The first-order chi connectivity index (χ1) is 5.75. The van der Waals surface area contributed by atoms with Crippen LogP contribution < -0.4 is 0 Å². The topological polar surface area (TPSA) is 0 Å². The number of hydrogen-bond donors (Lipinski definition) is 0. The molecule has 0 atom stereocenters. The van der Waals surface area contributed by atoms with Crippen LogP contribution in [0.4, 0.5) is 0 Å². The molecule has 0 N–H and O–H groups in total. The van der Waals surface area contributed by atoms with Gasteiger partial charge in [-0.15, -0.1) is 0 Å². The largest absolute Gasteiger partial charge is 0.171 e. The van der Waals surface area contributed by atoms with Crippen LogP contribution in [0.2, 0.25) is 52.4 Å². The molecule has 0 aliphatic carbocycles. The molecular weight excluding hydrogens is 279 g/mol. The van der Waals surface area contributed by atoms with Gasteiger partial charge in [0.1, 0.15) is 13.8 Å². The fourth-order valence-electron chi connectivity index (χ4n) is 1.49. The first-order valence-electron chi connectivity index (χ1n) is 5.13. The highest BCUT2D eigenvalue weighted by Crippen LogP contribution is 2.38. The van der Waals surface area contributed by atoms with Crippen molar-refractivity contribution in [2.75, 3.05) is 0 Å². The Morgan fingerprint density at radius 3 is 0.714 bits per heavy atom. The van der Waals surface area contributed by atoms with Crippen LogP contribution in [0.15, 0.2) is 0 Å². The molecule has 0 bridgehead atoms. The van der Waals surface area contributed by atoms with Crippen LogP contribution in [0.1, 0.15) is 0 Å². The number of rotatable bonds is 3. The lowest BCUT2D eigenvalue weighted by Gasteiger charge is -2.49. The summed E-state index contributed by atoms with van der Waals surface area (Å²) in [5.41, 5.74) is 0. The van der Waals surface area contributed by atoms with Crippen LogP contribution in [-0.2, 0) is 0 Å². The van der Waals surface area contributed by atoms with E-state index >= 15 is 0 Å². The van der Waals surface area contributed by atoms with Gasteiger partial charge in [-0.1, -0.05) is 52.4 Å². The Morgan fingerprint density at radius 1 is 0.500 bits per heavy atom. The van der Waals surface area contributed by atoms with E-state index in [4.69, 9.17) is 22.2 Å². The lowest BCUT2D eigenvalue weighted by atomic mass is 11.9. The third kappa shape index (κ3) is 2.57. The molecule has 0 saturated heterocycles. The maximum atomic E-state index is 6.71. The van der Waals surface area contributed by atoms with Crippen molar-refractivity contribution < 1.29 is 0 Å². The maximum Gasteiger partial charge on any atom is 0.138 e. The Kier molecular flexibility index (Phi) is 4.45. The molecule has 0 unspecified atom stereocenters. The molecule has 0 spiro atoms. The van der Waals surface area contributed by atoms with Crippen LogP contribution in [0, 0.1) is 0 Å². The molecule has 0 aliphatic heterocycles. The zero-order valence-corrected chi connectivity index (χ0v) is 16.3. The number of halogens is 2. The minimum atomic E-state index is -1.51. The summed E-state index contributed by atoms with van der Waals surface area (Å²) in [5.74, 6) is 0. The van der Waals surface area contributed by atoms with E-state index in [-0.39, 0.29) is 0 Å². The van der Waals surface area contributed by atoms with Gasteiger partial charge in [0.15, 0.2) is 0 Å². The molecule has 6 heteroatoms. The molecule has 0 aliphatic rings. The maximum absolute atomic E-state index is 6.71. The zero-order valence-electron chi connectivity index (χ0n) is 10.8. The molecule has 0 rings (SSSR count). The molecule has 0 aromatic heterocycles. The van der Waals surface area contributed by atoms with Crippen LogP contribution in [0.5, 0.6) is 0 Å². The van der Waals surface area contributed by atoms with E-state index in [0.717, 1.165) is 0 Å². The van der Waals surface area contributed by atoms with Gasteiger partial charge in [-0.05, 0) is 0 Å². The highest BCUT2D eigenvalue weighted by molar-refractivity contribution is 7.92. The average molecular weight is 304 g/mol. The molecule has 0 fully saturated rings. The van der Waals surface area contributed by atoms with E-state index in [2.05, 4.69) is 52.4 Å². The summed E-state index contributed by atoms with van der Waals surface area (Å²) >= 11 is 13.4. The summed E-state index contributed by atoms with van der Waals surface area (Å²) in [7, 11) is -2.59. The van der Waals surface area contributed by atoms with Crippen molar-refractivity contribution in [3.63, 3.8) is 0 Å². The molecule has 14 heavy (non-hydrogen) atoms. The minimum Gasteiger partial charge on any atom is -0.171 e. The summed E-state index contributed by atoms with van der Waals surface area (Å²) in [6, 6.07) is 0. The van der Waals surface area contributed by atoms with Gasteiger partial charge in [0.25, 0.3) is 0 Å². The van der Waals surface area contributed by atoms with E-state index in [0.29, 0.717) is 0 Å². The fourth-order valence-corrected chi connectivity index (χ4v) is 74.0. The normalized spacial score (nSPS) is 15.9. The molecule has 0 saturated carbocycles. The molecule has 86 valence electrons. The van der Waals surface area contributed by atoms with Crippen molar-refractivity contribution in [3.05, 3.63) is 0 Å². The summed E-state index contributed by atoms with van der Waals surface area (Å²) in [6.07, 6.45) is 0. The lowest BCUT2D eigenvalue weighted by molar-refractivity contribution is 1.81. The van der Waals surface area contributed by atoms with Gasteiger partial charge in [0.05, 0.1) is 14.2 Å². The zero-order chi connectivity index (χ0) is 12.0. The Morgan fingerprint density at radius 2 is 0.643 bits per heavy atom. The summed E-state index contributed by atoms with van der Waals surface area (Å²) in [4.78, 5) is 0. The molecule has 0 radical (unpaired) electrons. The molecule has 0 aromatic rings. The second kappa shape index (κ2) is 4.03. The molecule has 0 nitrogen and oxygen atoms in total. The standard InChI is InChI=1S/C8H24Cl2Si4/c1-11(2,9)13(5,6)14(7,8)12(3,4)10/h1-8H3. The van der Waals surface area contributed by atoms with Crippen molar-refractivity contribution in [1.82, 2.24) is 0 Å². The van der Waals surface area contributed by atoms with Gasteiger partial charge in [-0.25, -0.2) is 0 Å².